The summed E-state index contributed by atoms with van der Waals surface area (Å²) < 4.78 is 3.31. The van der Waals surface area contributed by atoms with Gasteiger partial charge in [-0.1, -0.05) is 71.1 Å². The van der Waals surface area contributed by atoms with Crippen molar-refractivity contribution in [2.75, 3.05) is 0 Å². The van der Waals surface area contributed by atoms with E-state index in [4.69, 9.17) is 0 Å². The van der Waals surface area contributed by atoms with Crippen molar-refractivity contribution in [3.8, 4) is 0 Å². The van der Waals surface area contributed by atoms with Crippen molar-refractivity contribution in [3.63, 3.8) is 0 Å². The average molecular weight is 573 g/mol. The summed E-state index contributed by atoms with van der Waals surface area (Å²) in [7, 11) is 0. The van der Waals surface area contributed by atoms with Gasteiger partial charge in [-0.15, -0.1) is 0 Å². The van der Waals surface area contributed by atoms with Crippen LogP contribution in [0.1, 0.15) is 175 Å². The van der Waals surface area contributed by atoms with Crippen LogP contribution in [0, 0.1) is 0 Å². The Labute approximate surface area is 220 Å². The average Bonchev–Trinajstić information content (AvgIpc) is 2.81. The van der Waals surface area contributed by atoms with E-state index >= 15 is 0 Å². The monoisotopic (exact) mass is 573 g/mol. The van der Waals surface area contributed by atoms with Gasteiger partial charge in [0.15, 0.2) is 0 Å². The molecule has 0 aromatic rings. The first kappa shape index (κ1) is 35.4. The number of hydrogen-bond acceptors (Lipinski definition) is 2. The van der Waals surface area contributed by atoms with E-state index in [0.717, 1.165) is 12.8 Å². The Bertz CT molecular complexity index is 332. The third-order valence-corrected chi connectivity index (χ3v) is 10.4. The fraction of sp³-hybridized carbons (Fsp3) is 0.967. The van der Waals surface area contributed by atoms with Crippen LogP contribution in [0.5, 0.6) is 0 Å². The van der Waals surface area contributed by atoms with E-state index in [1.165, 1.54) is 122 Å². The van der Waals surface area contributed by atoms with Gasteiger partial charge in [-0.2, -0.15) is 0 Å². The normalized spacial score (nSPS) is 10.6. The molecule has 0 aromatic carbocycles. The van der Waals surface area contributed by atoms with Gasteiger partial charge in [0.25, 0.3) is 0 Å². The van der Waals surface area contributed by atoms with Crippen molar-refractivity contribution < 1.29 is 9.90 Å². The summed E-state index contributed by atoms with van der Waals surface area (Å²) in [6, 6.07) is 0. The van der Waals surface area contributed by atoms with E-state index in [1.54, 1.807) is 21.7 Å². The summed E-state index contributed by atoms with van der Waals surface area (Å²) in [5.41, 5.74) is 0. The fourth-order valence-corrected chi connectivity index (χ4v) is 7.69. The van der Waals surface area contributed by atoms with E-state index in [2.05, 4.69) is 20.8 Å². The number of unbranched alkanes of at least 4 members (excludes halogenated alkanes) is 20. The van der Waals surface area contributed by atoms with Gasteiger partial charge in [0.1, 0.15) is 0 Å². The van der Waals surface area contributed by atoms with Gasteiger partial charge in [0.2, 0.25) is 0 Å². The molecule has 0 spiro atoms. The van der Waals surface area contributed by atoms with E-state index in [0.29, 0.717) is 0 Å². The molecule has 0 N–H and O–H groups in total. The predicted molar refractivity (Wildman–Crippen MR) is 148 cm³/mol. The molecule has 0 atom stereocenters. The second-order valence-corrected chi connectivity index (χ2v) is 14.2. The molecule has 0 saturated carbocycles. The van der Waals surface area contributed by atoms with Crippen molar-refractivity contribution in [2.24, 2.45) is 0 Å². The molecule has 0 unspecified atom stereocenters. The zero-order valence-electron chi connectivity index (χ0n) is 23.2. The Kier molecular flexibility index (Phi) is 37.0. The molecule has 0 aliphatic carbocycles. The van der Waals surface area contributed by atoms with Gasteiger partial charge >= 0.3 is 121 Å². The number of carbonyl (C=O) groups is 1. The second kappa shape index (κ2) is 34.4. The topological polar surface area (TPSA) is 40.1 Å². The molecule has 0 rings (SSSR count). The minimum atomic E-state index is -0.907. The number of hydrogen-bond donors (Lipinski definition) is 0. The predicted octanol–water partition coefficient (Wildman–Crippen LogP) is 9.69. The minimum absolute atomic E-state index is 0.0736. The molecular weight excluding hydrogens is 511 g/mol. The summed E-state index contributed by atoms with van der Waals surface area (Å²) in [5, 5.41) is 10.1. The third kappa shape index (κ3) is 39.8. The van der Waals surface area contributed by atoms with Gasteiger partial charge in [-0.3, -0.25) is 0 Å². The number of carboxylic acids is 1. The quantitative estimate of drug-likeness (QED) is 0.0765. The van der Waals surface area contributed by atoms with Crippen molar-refractivity contribution in [1.82, 2.24) is 0 Å². The van der Waals surface area contributed by atoms with Crippen LogP contribution in [0.3, 0.4) is 0 Å². The molecule has 0 aliphatic heterocycles. The maximum absolute atomic E-state index is 10.1. The summed E-state index contributed by atoms with van der Waals surface area (Å²) >= 11 is 0.0736. The second-order valence-electron chi connectivity index (χ2n) is 9.94. The van der Waals surface area contributed by atoms with Gasteiger partial charge in [0.05, 0.1) is 0 Å². The van der Waals surface area contributed by atoms with Gasteiger partial charge in [-0.05, 0) is 12.8 Å². The first-order valence-electron chi connectivity index (χ1n) is 15.1. The van der Waals surface area contributed by atoms with E-state index in [9.17, 15) is 9.90 Å². The Balaban J connectivity index is 0. The van der Waals surface area contributed by atoms with Crippen molar-refractivity contribution in [1.29, 1.82) is 0 Å². The molecule has 0 bridgehead atoms. The van der Waals surface area contributed by atoms with Gasteiger partial charge in [0, 0.05) is 5.97 Å². The molecule has 0 heterocycles. The van der Waals surface area contributed by atoms with Crippen LogP contribution in [0.4, 0.5) is 0 Å². The van der Waals surface area contributed by atoms with Crippen molar-refractivity contribution in [3.05, 3.63) is 0 Å². The molecule has 1 radical (unpaired) electrons. The first-order chi connectivity index (χ1) is 16.2. The van der Waals surface area contributed by atoms with Crippen LogP contribution >= 0.6 is 0 Å². The molecule has 0 saturated heterocycles. The van der Waals surface area contributed by atoms with Crippen LogP contribution in [0.2, 0.25) is 8.87 Å². The summed E-state index contributed by atoms with van der Waals surface area (Å²) in [5.74, 6) is -0.907. The van der Waals surface area contributed by atoms with Crippen LogP contribution in [0.25, 0.3) is 0 Å². The Hall–Kier alpha value is 0.269. The van der Waals surface area contributed by atoms with Crippen LogP contribution in [0.15, 0.2) is 0 Å². The number of aliphatic carboxylic acids is 1. The van der Waals surface area contributed by atoms with E-state index in [-0.39, 0.29) is 27.6 Å². The molecule has 0 fully saturated rings. The summed E-state index contributed by atoms with van der Waals surface area (Å²) in [6.07, 6.45) is 31.9. The molecule has 0 aromatic heterocycles. The Morgan fingerprint density at radius 2 is 0.727 bits per heavy atom. The fourth-order valence-electron chi connectivity index (χ4n) is 4.12. The molecule has 2 nitrogen and oxygen atoms in total. The van der Waals surface area contributed by atoms with E-state index < -0.39 is 5.97 Å². The van der Waals surface area contributed by atoms with Crippen LogP contribution < -0.4 is 5.11 Å². The van der Waals surface area contributed by atoms with Crippen molar-refractivity contribution in [2.45, 2.75) is 184 Å². The van der Waals surface area contributed by atoms with Crippen LogP contribution in [-0.4, -0.2) is 27.1 Å². The Morgan fingerprint density at radius 3 is 1.03 bits per heavy atom. The maximum atomic E-state index is 10.1. The number of rotatable bonds is 26. The zero-order chi connectivity index (χ0) is 24.7. The molecule has 0 aliphatic rings. The first-order valence-corrected chi connectivity index (χ1v) is 19.1. The van der Waals surface area contributed by atoms with Crippen molar-refractivity contribution >= 4 is 27.1 Å². The zero-order valence-corrected chi connectivity index (χ0v) is 26.1. The molecule has 33 heavy (non-hydrogen) atoms. The summed E-state index contributed by atoms with van der Waals surface area (Å²) in [6.45, 7) is 6.84. The molecular formula is C30H61O2Sn. The number of carboxylic acid groups (broad SMARTS) is 1. The summed E-state index contributed by atoms with van der Waals surface area (Å²) in [4.78, 5) is 10.1. The standard InChI is InChI=1S/C14H28O2.2C8H17.Sn/c1-2-3-4-5-6-7-8-9-10-11-12-13-14(15)16;2*1-3-5-7-8-6-4-2;/h2-13H2,1H3,(H,15,16);2*1,3-8H2,2H3;/q;;;+1/p-1. The Morgan fingerprint density at radius 1 is 0.455 bits per heavy atom. The number of carbonyl (C=O) groups excluding carboxylic acids is 1. The molecule has 3 heteroatoms. The van der Waals surface area contributed by atoms with Gasteiger partial charge < -0.3 is 9.90 Å². The van der Waals surface area contributed by atoms with E-state index in [1.807, 2.05) is 0 Å². The van der Waals surface area contributed by atoms with Crippen LogP contribution in [-0.2, 0) is 4.79 Å². The van der Waals surface area contributed by atoms with Gasteiger partial charge in [-0.25, -0.2) is 0 Å². The SMILES string of the molecule is CCCCCCCCCCCCCC(=O)[O-].CCCCCCC[CH2][Sn+][CH2]CCCCCCC. The molecule has 197 valence electrons. The third-order valence-electron chi connectivity index (χ3n) is 6.40. The molecule has 0 amide bonds.